The van der Waals surface area contributed by atoms with Crippen LogP contribution in [0.2, 0.25) is 0 Å². The molecule has 2 aromatic rings. The van der Waals surface area contributed by atoms with E-state index in [1.54, 1.807) is 21.3 Å². The van der Waals surface area contributed by atoms with E-state index in [0.717, 1.165) is 79.4 Å². The van der Waals surface area contributed by atoms with Crippen molar-refractivity contribution in [2.75, 3.05) is 60.7 Å². The number of hydrogen-bond donors (Lipinski definition) is 1. The fraction of sp³-hybridized carbons (Fsp3) is 0.538. The molecule has 1 fully saturated rings. The quantitative estimate of drug-likeness (QED) is 0.541. The van der Waals surface area contributed by atoms with Gasteiger partial charge in [0.2, 0.25) is 5.75 Å². The second-order valence-corrected chi connectivity index (χ2v) is 8.60. The summed E-state index contributed by atoms with van der Waals surface area (Å²) in [5, 5.41) is 10.1. The van der Waals surface area contributed by atoms with Crippen molar-refractivity contribution in [3.8, 4) is 28.7 Å². The Labute approximate surface area is 197 Å². The van der Waals surface area contributed by atoms with Crippen molar-refractivity contribution in [2.24, 2.45) is 0 Å². The summed E-state index contributed by atoms with van der Waals surface area (Å²) in [6.45, 7) is 12.4. The van der Waals surface area contributed by atoms with Gasteiger partial charge in [-0.3, -0.25) is 4.90 Å². The topological polar surface area (TPSA) is 63.6 Å². The van der Waals surface area contributed by atoms with Crippen LogP contribution in [0.3, 0.4) is 0 Å². The van der Waals surface area contributed by atoms with E-state index >= 15 is 0 Å². The first-order valence-corrected chi connectivity index (χ1v) is 11.5. The molecule has 1 aliphatic heterocycles. The van der Waals surface area contributed by atoms with Gasteiger partial charge in [0, 0.05) is 44.8 Å². The molecule has 33 heavy (non-hydrogen) atoms. The van der Waals surface area contributed by atoms with Gasteiger partial charge in [0.15, 0.2) is 11.5 Å². The first-order valence-electron chi connectivity index (χ1n) is 11.5. The zero-order chi connectivity index (χ0) is 24.0. The minimum Gasteiger partial charge on any atom is -0.507 e. The fourth-order valence-corrected chi connectivity index (χ4v) is 4.35. The van der Waals surface area contributed by atoms with E-state index < -0.39 is 0 Å². The number of benzene rings is 2. The van der Waals surface area contributed by atoms with E-state index in [-0.39, 0.29) is 0 Å². The Kier molecular flexibility index (Phi) is 8.69. The number of aryl methyl sites for hydroxylation is 1. The monoisotopic (exact) mass is 458 g/mol. The second-order valence-electron chi connectivity index (χ2n) is 8.60. The van der Waals surface area contributed by atoms with Gasteiger partial charge >= 0.3 is 0 Å². The highest BCUT2D eigenvalue weighted by atomic mass is 16.5. The summed E-state index contributed by atoms with van der Waals surface area (Å²) in [5.74, 6) is 3.30. The van der Waals surface area contributed by atoms with Crippen molar-refractivity contribution >= 4 is 0 Å². The summed E-state index contributed by atoms with van der Waals surface area (Å²) >= 11 is 0. The highest BCUT2D eigenvalue weighted by molar-refractivity contribution is 5.55. The van der Waals surface area contributed by atoms with Crippen LogP contribution in [0.15, 0.2) is 18.2 Å². The van der Waals surface area contributed by atoms with Crippen LogP contribution in [0.4, 0.5) is 0 Å². The van der Waals surface area contributed by atoms with Gasteiger partial charge < -0.3 is 29.0 Å². The molecular weight excluding hydrogens is 420 g/mol. The lowest BCUT2D eigenvalue weighted by molar-refractivity contribution is 0.120. The summed E-state index contributed by atoms with van der Waals surface area (Å²) in [4.78, 5) is 4.94. The molecule has 1 aliphatic rings. The molecule has 182 valence electrons. The molecule has 7 nitrogen and oxygen atoms in total. The molecule has 0 aliphatic carbocycles. The standard InChI is InChI=1S/C26H38N2O5/c1-18-16-23(19(2)20(3)24(18)29)33-15-7-10-27-11-13-28(14-12-27)17-21-8-9-22(30-4)26(32-6)25(21)31-5/h8-9,16,29H,7,10-15,17H2,1-6H3. The number of piperazine rings is 1. The smallest absolute Gasteiger partial charge is 0.203 e. The third kappa shape index (κ3) is 5.84. The summed E-state index contributed by atoms with van der Waals surface area (Å²) < 4.78 is 22.6. The largest absolute Gasteiger partial charge is 0.507 e. The van der Waals surface area contributed by atoms with E-state index in [9.17, 15) is 5.11 Å². The predicted molar refractivity (Wildman–Crippen MR) is 130 cm³/mol. The number of phenols is 1. The molecule has 0 spiro atoms. The molecule has 1 saturated heterocycles. The molecule has 7 heteroatoms. The Morgan fingerprint density at radius 1 is 0.818 bits per heavy atom. The number of nitrogens with zero attached hydrogens (tertiary/aromatic N) is 2. The van der Waals surface area contributed by atoms with E-state index in [1.807, 2.05) is 32.9 Å². The number of aromatic hydroxyl groups is 1. The lowest BCUT2D eigenvalue weighted by Gasteiger charge is -2.35. The van der Waals surface area contributed by atoms with Gasteiger partial charge in [-0.05, 0) is 56.0 Å². The molecule has 0 saturated carbocycles. The Bertz CT molecular complexity index is 939. The van der Waals surface area contributed by atoms with Gasteiger partial charge in [0.1, 0.15) is 11.5 Å². The number of phenolic OH excluding ortho intramolecular Hbond substituents is 1. The van der Waals surface area contributed by atoms with Crippen LogP contribution in [0.1, 0.15) is 28.7 Å². The Balaban J connectivity index is 1.46. The van der Waals surface area contributed by atoms with Crippen LogP contribution in [-0.2, 0) is 6.54 Å². The van der Waals surface area contributed by atoms with Crippen molar-refractivity contribution in [2.45, 2.75) is 33.7 Å². The summed E-state index contributed by atoms with van der Waals surface area (Å²) in [7, 11) is 4.94. The van der Waals surface area contributed by atoms with Gasteiger partial charge in [-0.25, -0.2) is 0 Å². The normalized spacial score (nSPS) is 14.8. The van der Waals surface area contributed by atoms with Crippen LogP contribution in [0.25, 0.3) is 0 Å². The van der Waals surface area contributed by atoms with Gasteiger partial charge in [-0.15, -0.1) is 0 Å². The summed E-state index contributed by atoms with van der Waals surface area (Å²) in [6, 6.07) is 5.92. The van der Waals surface area contributed by atoms with Gasteiger partial charge in [0.05, 0.1) is 27.9 Å². The molecule has 0 radical (unpaired) electrons. The minimum absolute atomic E-state index is 0.364. The van der Waals surface area contributed by atoms with E-state index in [0.29, 0.717) is 23.9 Å². The minimum atomic E-state index is 0.364. The highest BCUT2D eigenvalue weighted by Crippen LogP contribution is 2.40. The number of ether oxygens (including phenoxy) is 4. The maximum Gasteiger partial charge on any atom is 0.203 e. The van der Waals surface area contributed by atoms with Crippen LogP contribution in [0.5, 0.6) is 28.7 Å². The second kappa shape index (κ2) is 11.5. The maximum absolute atomic E-state index is 10.1. The molecule has 0 atom stereocenters. The lowest BCUT2D eigenvalue weighted by atomic mass is 10.0. The Hall–Kier alpha value is -2.64. The van der Waals surface area contributed by atoms with Crippen LogP contribution in [0, 0.1) is 20.8 Å². The van der Waals surface area contributed by atoms with Crippen LogP contribution >= 0.6 is 0 Å². The van der Waals surface area contributed by atoms with Crippen molar-refractivity contribution < 1.29 is 24.1 Å². The molecule has 2 aromatic carbocycles. The van der Waals surface area contributed by atoms with Gasteiger partial charge in [-0.1, -0.05) is 6.07 Å². The van der Waals surface area contributed by atoms with E-state index in [2.05, 4.69) is 15.9 Å². The summed E-state index contributed by atoms with van der Waals surface area (Å²) in [6.07, 6.45) is 0.974. The van der Waals surface area contributed by atoms with Crippen molar-refractivity contribution in [1.82, 2.24) is 9.80 Å². The SMILES string of the molecule is COc1ccc(CN2CCN(CCCOc3cc(C)c(O)c(C)c3C)CC2)c(OC)c1OC. The predicted octanol–water partition coefficient (Wildman–Crippen LogP) is 3.93. The number of methoxy groups -OCH3 is 3. The van der Waals surface area contributed by atoms with E-state index in [1.165, 1.54) is 0 Å². The average Bonchev–Trinajstić information content (AvgIpc) is 2.83. The zero-order valence-electron chi connectivity index (χ0n) is 20.9. The first kappa shape index (κ1) is 25.0. The average molecular weight is 459 g/mol. The Morgan fingerprint density at radius 3 is 2.12 bits per heavy atom. The molecule has 0 unspecified atom stereocenters. The molecule has 3 rings (SSSR count). The van der Waals surface area contributed by atoms with E-state index in [4.69, 9.17) is 18.9 Å². The number of rotatable bonds is 10. The highest BCUT2D eigenvalue weighted by Gasteiger charge is 2.21. The molecule has 0 amide bonds. The molecule has 0 bridgehead atoms. The zero-order valence-corrected chi connectivity index (χ0v) is 20.9. The third-order valence-electron chi connectivity index (χ3n) is 6.53. The van der Waals surface area contributed by atoms with Crippen molar-refractivity contribution in [3.63, 3.8) is 0 Å². The van der Waals surface area contributed by atoms with Crippen LogP contribution < -0.4 is 18.9 Å². The number of hydrogen-bond acceptors (Lipinski definition) is 7. The Morgan fingerprint density at radius 2 is 1.48 bits per heavy atom. The fourth-order valence-electron chi connectivity index (χ4n) is 4.35. The first-order chi connectivity index (χ1) is 15.9. The molecular formula is C26H38N2O5. The van der Waals surface area contributed by atoms with Crippen LogP contribution in [-0.4, -0.2) is 75.6 Å². The molecule has 0 aromatic heterocycles. The van der Waals surface area contributed by atoms with Crippen molar-refractivity contribution in [3.05, 3.63) is 40.5 Å². The molecule has 1 N–H and O–H groups in total. The van der Waals surface area contributed by atoms with Crippen molar-refractivity contribution in [1.29, 1.82) is 0 Å². The summed E-state index contributed by atoms with van der Waals surface area (Å²) in [5.41, 5.74) is 3.87. The van der Waals surface area contributed by atoms with Gasteiger partial charge in [-0.2, -0.15) is 0 Å². The lowest BCUT2D eigenvalue weighted by Crippen LogP contribution is -2.46. The van der Waals surface area contributed by atoms with Gasteiger partial charge in [0.25, 0.3) is 0 Å². The molecule has 1 heterocycles. The third-order valence-corrected chi connectivity index (χ3v) is 6.53. The maximum atomic E-state index is 10.1.